The van der Waals surface area contributed by atoms with Crippen LogP contribution in [0.25, 0.3) is 17.1 Å². The Bertz CT molecular complexity index is 1250. The summed E-state index contributed by atoms with van der Waals surface area (Å²) >= 11 is 1.19. The first-order chi connectivity index (χ1) is 15.7. The molecule has 1 heterocycles. The van der Waals surface area contributed by atoms with Crippen LogP contribution in [0.3, 0.4) is 0 Å². The number of thioether (sulfide) groups is 1. The van der Waals surface area contributed by atoms with Crippen molar-refractivity contribution in [2.45, 2.75) is 11.2 Å². The van der Waals surface area contributed by atoms with Crippen molar-refractivity contribution in [3.05, 3.63) is 96.3 Å². The molecule has 4 aromatic rings. The first kappa shape index (κ1) is 21.3. The molecule has 1 atom stereocenters. The molecule has 32 heavy (non-hydrogen) atoms. The van der Waals surface area contributed by atoms with Crippen molar-refractivity contribution in [1.82, 2.24) is 20.1 Å². The Kier molecular flexibility index (Phi) is 6.58. The summed E-state index contributed by atoms with van der Waals surface area (Å²) in [6.45, 7) is 0. The molecular formula is C24H18FN5OS. The van der Waals surface area contributed by atoms with Crippen LogP contribution >= 0.6 is 11.8 Å². The number of benzene rings is 3. The summed E-state index contributed by atoms with van der Waals surface area (Å²) in [5.41, 5.74) is 1.89. The maximum atomic E-state index is 14.0. The van der Waals surface area contributed by atoms with Crippen LogP contribution in [0.15, 0.2) is 90.1 Å². The van der Waals surface area contributed by atoms with E-state index in [0.717, 1.165) is 11.3 Å². The van der Waals surface area contributed by atoms with Gasteiger partial charge in [-0.25, -0.2) is 4.39 Å². The van der Waals surface area contributed by atoms with Gasteiger partial charge in [0.05, 0.1) is 11.8 Å². The smallest absolute Gasteiger partial charge is 0.231 e. The number of nitrogens with one attached hydrogen (secondary N) is 1. The summed E-state index contributed by atoms with van der Waals surface area (Å²) in [4.78, 5) is 12.5. The van der Waals surface area contributed by atoms with Gasteiger partial charge in [-0.1, -0.05) is 78.5 Å². The molecule has 6 nitrogen and oxygen atoms in total. The van der Waals surface area contributed by atoms with Gasteiger partial charge in [-0.3, -0.25) is 9.36 Å². The van der Waals surface area contributed by atoms with Crippen molar-refractivity contribution in [3.8, 4) is 23.1 Å². The third-order valence-corrected chi connectivity index (χ3v) is 5.59. The van der Waals surface area contributed by atoms with E-state index in [1.807, 2.05) is 71.3 Å². The van der Waals surface area contributed by atoms with Gasteiger partial charge in [-0.2, -0.15) is 5.26 Å². The molecule has 0 aliphatic rings. The fourth-order valence-electron chi connectivity index (χ4n) is 3.17. The van der Waals surface area contributed by atoms with Crippen molar-refractivity contribution in [3.63, 3.8) is 0 Å². The second-order valence-electron chi connectivity index (χ2n) is 6.78. The summed E-state index contributed by atoms with van der Waals surface area (Å²) < 4.78 is 15.9. The molecule has 8 heteroatoms. The summed E-state index contributed by atoms with van der Waals surface area (Å²) in [6, 6.07) is 26.0. The molecule has 0 fully saturated rings. The third-order valence-electron chi connectivity index (χ3n) is 4.66. The van der Waals surface area contributed by atoms with Gasteiger partial charge < -0.3 is 5.32 Å². The van der Waals surface area contributed by atoms with Gasteiger partial charge in [0.2, 0.25) is 5.91 Å². The molecule has 3 aromatic carbocycles. The predicted molar refractivity (Wildman–Crippen MR) is 120 cm³/mol. The number of carbonyl (C=O) groups excluding carboxylic acids is 1. The van der Waals surface area contributed by atoms with Gasteiger partial charge in [0.25, 0.3) is 0 Å². The average Bonchev–Trinajstić information content (AvgIpc) is 3.27. The summed E-state index contributed by atoms with van der Waals surface area (Å²) in [6.07, 6.45) is 0. The minimum atomic E-state index is -1.07. The van der Waals surface area contributed by atoms with Gasteiger partial charge in [0.15, 0.2) is 11.0 Å². The van der Waals surface area contributed by atoms with E-state index < -0.39 is 17.8 Å². The van der Waals surface area contributed by atoms with Crippen LogP contribution in [0.1, 0.15) is 11.6 Å². The van der Waals surface area contributed by atoms with E-state index in [1.165, 1.54) is 30.0 Å². The van der Waals surface area contributed by atoms with E-state index >= 15 is 0 Å². The van der Waals surface area contributed by atoms with Crippen molar-refractivity contribution in [1.29, 1.82) is 5.26 Å². The highest BCUT2D eigenvalue weighted by atomic mass is 32.2. The Morgan fingerprint density at radius 1 is 1.00 bits per heavy atom. The summed E-state index contributed by atoms with van der Waals surface area (Å²) in [7, 11) is 0. The Morgan fingerprint density at radius 2 is 1.66 bits per heavy atom. The Hall–Kier alpha value is -3.96. The number of amides is 1. The highest BCUT2D eigenvalue weighted by molar-refractivity contribution is 7.99. The number of aromatic nitrogens is 3. The van der Waals surface area contributed by atoms with Crippen LogP contribution in [0, 0.1) is 17.1 Å². The van der Waals surface area contributed by atoms with E-state index in [0.29, 0.717) is 11.0 Å². The van der Waals surface area contributed by atoms with Gasteiger partial charge in [0.1, 0.15) is 11.9 Å². The number of hydrogen-bond acceptors (Lipinski definition) is 5. The zero-order valence-electron chi connectivity index (χ0n) is 16.9. The van der Waals surface area contributed by atoms with E-state index in [2.05, 4.69) is 15.5 Å². The monoisotopic (exact) mass is 443 g/mol. The van der Waals surface area contributed by atoms with E-state index in [4.69, 9.17) is 0 Å². The molecule has 1 N–H and O–H groups in total. The number of nitrogens with zero attached hydrogens (tertiary/aromatic N) is 4. The predicted octanol–water partition coefficient (Wildman–Crippen LogP) is 4.55. The number of carbonyl (C=O) groups is 1. The molecule has 0 radical (unpaired) electrons. The first-order valence-electron chi connectivity index (χ1n) is 9.80. The first-order valence-corrected chi connectivity index (χ1v) is 10.8. The molecule has 1 aromatic heterocycles. The minimum absolute atomic E-state index is 0.00755. The second-order valence-corrected chi connectivity index (χ2v) is 7.73. The van der Waals surface area contributed by atoms with Crippen LogP contribution < -0.4 is 5.32 Å². The van der Waals surface area contributed by atoms with Gasteiger partial charge in [-0.15, -0.1) is 10.2 Å². The molecule has 0 spiro atoms. The molecule has 0 aliphatic heterocycles. The summed E-state index contributed by atoms with van der Waals surface area (Å²) in [5, 5.41) is 21.1. The molecule has 158 valence electrons. The largest absolute Gasteiger partial charge is 0.336 e. The van der Waals surface area contributed by atoms with Crippen molar-refractivity contribution in [2.75, 3.05) is 5.75 Å². The summed E-state index contributed by atoms with van der Waals surface area (Å²) in [5.74, 6) is -0.301. The third kappa shape index (κ3) is 4.68. The lowest BCUT2D eigenvalue weighted by Gasteiger charge is -2.13. The molecule has 0 saturated heterocycles. The Morgan fingerprint density at radius 3 is 2.34 bits per heavy atom. The Labute approximate surface area is 188 Å². The molecule has 0 bridgehead atoms. The highest BCUT2D eigenvalue weighted by Gasteiger charge is 2.20. The lowest BCUT2D eigenvalue weighted by Crippen LogP contribution is -2.29. The quantitative estimate of drug-likeness (QED) is 0.424. The number of para-hydroxylation sites is 1. The van der Waals surface area contributed by atoms with Crippen molar-refractivity contribution < 1.29 is 9.18 Å². The molecule has 1 amide bonds. The van der Waals surface area contributed by atoms with Crippen LogP contribution in [0.5, 0.6) is 0 Å². The lowest BCUT2D eigenvalue weighted by molar-refractivity contribution is -0.118. The zero-order valence-corrected chi connectivity index (χ0v) is 17.7. The Balaban J connectivity index is 1.55. The SMILES string of the molecule is N#CC(NC(=O)CSc1nnc(-c2ccccc2)n1-c1ccccc1)c1ccccc1F. The van der Waals surface area contributed by atoms with Crippen molar-refractivity contribution >= 4 is 17.7 Å². The molecule has 0 saturated carbocycles. The van der Waals surface area contributed by atoms with Crippen LogP contribution in [0.2, 0.25) is 0 Å². The van der Waals surface area contributed by atoms with Crippen LogP contribution in [0.4, 0.5) is 4.39 Å². The van der Waals surface area contributed by atoms with E-state index in [9.17, 15) is 14.4 Å². The lowest BCUT2D eigenvalue weighted by atomic mass is 10.1. The highest BCUT2D eigenvalue weighted by Crippen LogP contribution is 2.28. The minimum Gasteiger partial charge on any atom is -0.336 e. The number of halogens is 1. The number of rotatable bonds is 7. The second kappa shape index (κ2) is 9.90. The molecule has 4 rings (SSSR count). The maximum Gasteiger partial charge on any atom is 0.231 e. The van der Waals surface area contributed by atoms with Crippen LogP contribution in [-0.4, -0.2) is 26.4 Å². The van der Waals surface area contributed by atoms with E-state index in [-0.39, 0.29) is 11.3 Å². The van der Waals surface area contributed by atoms with Crippen molar-refractivity contribution in [2.24, 2.45) is 0 Å². The number of hydrogen-bond donors (Lipinski definition) is 1. The van der Waals surface area contributed by atoms with Crippen LogP contribution in [-0.2, 0) is 4.79 Å². The fraction of sp³-hybridized carbons (Fsp3) is 0.0833. The molecule has 0 aliphatic carbocycles. The molecular weight excluding hydrogens is 425 g/mol. The number of nitriles is 1. The van der Waals surface area contributed by atoms with E-state index in [1.54, 1.807) is 6.07 Å². The van der Waals surface area contributed by atoms with Gasteiger partial charge in [0, 0.05) is 16.8 Å². The standard InChI is InChI=1S/C24H18FN5OS/c25-20-14-8-7-13-19(20)21(15-26)27-22(31)16-32-24-29-28-23(17-9-3-1-4-10-17)30(24)18-11-5-2-6-12-18/h1-14,21H,16H2,(H,27,31). The maximum absolute atomic E-state index is 14.0. The zero-order chi connectivity index (χ0) is 22.3. The average molecular weight is 444 g/mol. The normalized spacial score (nSPS) is 11.5. The van der Waals surface area contributed by atoms with Gasteiger partial charge in [-0.05, 0) is 18.2 Å². The fourth-order valence-corrected chi connectivity index (χ4v) is 3.93. The van der Waals surface area contributed by atoms with Gasteiger partial charge >= 0.3 is 0 Å². The molecule has 1 unspecified atom stereocenters. The topological polar surface area (TPSA) is 83.6 Å².